The van der Waals surface area contributed by atoms with E-state index >= 15 is 0 Å². The second-order valence-corrected chi connectivity index (χ2v) is 6.41. The molecule has 0 saturated heterocycles. The lowest BCUT2D eigenvalue weighted by Gasteiger charge is -2.12. The predicted molar refractivity (Wildman–Crippen MR) is 91.8 cm³/mol. The summed E-state index contributed by atoms with van der Waals surface area (Å²) in [7, 11) is 3.03. The largest absolute Gasteiger partial charge is 0.544 e. The average molecular weight is 413 g/mol. The van der Waals surface area contributed by atoms with E-state index in [-0.39, 0.29) is 4.91 Å². The molecule has 0 bridgehead atoms. The Kier molecular flexibility index (Phi) is 6.27. The summed E-state index contributed by atoms with van der Waals surface area (Å²) in [5.74, 6) is 0.406. The van der Waals surface area contributed by atoms with Gasteiger partial charge in [0.1, 0.15) is 17.3 Å². The first-order valence-electron chi connectivity index (χ1n) is 6.92. The van der Waals surface area contributed by atoms with Crippen molar-refractivity contribution in [2.75, 3.05) is 14.2 Å². The third-order valence-electron chi connectivity index (χ3n) is 3.04. The van der Waals surface area contributed by atoms with Gasteiger partial charge in [-0.05, 0) is 39.8 Å². The minimum Gasteiger partial charge on any atom is -0.544 e. The summed E-state index contributed by atoms with van der Waals surface area (Å²) in [6.07, 6.45) is 2.13. The molecule has 9 heteroatoms. The zero-order chi connectivity index (χ0) is 17.7. The van der Waals surface area contributed by atoms with Crippen LogP contribution >= 0.6 is 27.7 Å². The van der Waals surface area contributed by atoms with Gasteiger partial charge in [-0.25, -0.2) is 4.98 Å². The molecule has 7 nitrogen and oxygen atoms in total. The highest BCUT2D eigenvalue weighted by Gasteiger charge is 2.12. The highest BCUT2D eigenvalue weighted by atomic mass is 79.9. The summed E-state index contributed by atoms with van der Waals surface area (Å²) in [5.41, 5.74) is 0.558. The van der Waals surface area contributed by atoms with E-state index in [1.54, 1.807) is 12.1 Å². The number of carboxylic acids is 1. The van der Waals surface area contributed by atoms with Gasteiger partial charge >= 0.3 is 0 Å². The van der Waals surface area contributed by atoms with Gasteiger partial charge in [-0.2, -0.15) is 0 Å². The quantitative estimate of drug-likeness (QED) is 0.548. The number of thioether (sulfide) groups is 1. The second-order valence-electron chi connectivity index (χ2n) is 4.55. The lowest BCUT2D eigenvalue weighted by molar-refractivity contribution is -0.297. The van der Waals surface area contributed by atoms with E-state index < -0.39 is 5.97 Å². The number of methoxy groups -OCH3 is 2. The standard InChI is InChI=1S/C15H16BrN3O4S/c1-4-13-17-15(19-18-13)24-12(14(20)21)6-8-5-9(16)11(23-3)7-10(8)22-2/h5-7H,4H2,1-3H3,(H,20,21)(H,17,18,19)/p-1/b12-6-. The third-order valence-corrected chi connectivity index (χ3v) is 4.53. The maximum Gasteiger partial charge on any atom is 0.213 e. The minimum atomic E-state index is -1.32. The molecule has 128 valence electrons. The van der Waals surface area contributed by atoms with Gasteiger partial charge in [-0.3, -0.25) is 5.10 Å². The van der Waals surface area contributed by atoms with Crippen molar-refractivity contribution in [3.8, 4) is 11.5 Å². The molecule has 1 N–H and O–H groups in total. The number of nitrogens with one attached hydrogen (secondary N) is 1. The summed E-state index contributed by atoms with van der Waals surface area (Å²) in [4.78, 5) is 15.6. The Morgan fingerprint density at radius 2 is 2.08 bits per heavy atom. The molecule has 1 heterocycles. The van der Waals surface area contributed by atoms with Gasteiger partial charge < -0.3 is 19.4 Å². The van der Waals surface area contributed by atoms with Crippen LogP contribution in [0.25, 0.3) is 6.08 Å². The van der Waals surface area contributed by atoms with Crippen molar-refractivity contribution in [2.45, 2.75) is 18.5 Å². The molecule has 0 aliphatic rings. The Bertz CT molecular complexity index is 776. The van der Waals surface area contributed by atoms with E-state index in [0.29, 0.717) is 38.9 Å². The van der Waals surface area contributed by atoms with Crippen molar-refractivity contribution >= 4 is 39.7 Å². The molecule has 24 heavy (non-hydrogen) atoms. The van der Waals surface area contributed by atoms with Crippen LogP contribution in [-0.4, -0.2) is 35.4 Å². The number of carbonyl (C=O) groups excluding carboxylic acids is 1. The first kappa shape index (κ1) is 18.3. The number of aliphatic carboxylic acids is 1. The zero-order valence-corrected chi connectivity index (χ0v) is 15.7. The van der Waals surface area contributed by atoms with E-state index in [4.69, 9.17) is 9.47 Å². The Hall–Kier alpha value is -2.00. The number of carbonyl (C=O) groups is 1. The van der Waals surface area contributed by atoms with E-state index in [1.165, 1.54) is 20.3 Å². The SMILES string of the molecule is CCc1nc(S/C(=C\c2cc(Br)c(OC)cc2OC)C(=O)[O-])n[nH]1. The third kappa shape index (κ3) is 4.30. The lowest BCUT2D eigenvalue weighted by atomic mass is 10.1. The molecule has 0 amide bonds. The number of nitrogens with zero attached hydrogens (tertiary/aromatic N) is 2. The smallest absolute Gasteiger partial charge is 0.213 e. The average Bonchev–Trinajstić information content (AvgIpc) is 3.02. The molecule has 0 unspecified atom stereocenters. The van der Waals surface area contributed by atoms with Gasteiger partial charge in [0.15, 0.2) is 0 Å². The fourth-order valence-corrected chi connectivity index (χ4v) is 3.08. The van der Waals surface area contributed by atoms with Crippen LogP contribution in [0.4, 0.5) is 0 Å². The van der Waals surface area contributed by atoms with Gasteiger partial charge in [0.05, 0.1) is 24.7 Å². The summed E-state index contributed by atoms with van der Waals surface area (Å²) >= 11 is 4.27. The number of hydrogen-bond donors (Lipinski definition) is 1. The second kappa shape index (κ2) is 8.20. The fourth-order valence-electron chi connectivity index (χ4n) is 1.85. The van der Waals surface area contributed by atoms with Gasteiger partial charge in [-0.15, -0.1) is 5.10 Å². The van der Waals surface area contributed by atoms with Crippen molar-refractivity contribution < 1.29 is 19.4 Å². The first-order valence-corrected chi connectivity index (χ1v) is 8.53. The highest BCUT2D eigenvalue weighted by Crippen LogP contribution is 2.35. The summed E-state index contributed by atoms with van der Waals surface area (Å²) < 4.78 is 11.2. The molecule has 0 spiro atoms. The Morgan fingerprint density at radius 3 is 2.62 bits per heavy atom. The number of rotatable bonds is 7. The number of carboxylic acid groups (broad SMARTS) is 1. The van der Waals surface area contributed by atoms with Crippen LogP contribution in [0.2, 0.25) is 0 Å². The molecule has 1 aromatic carbocycles. The molecule has 0 aliphatic heterocycles. The van der Waals surface area contributed by atoms with Crippen LogP contribution in [0.3, 0.4) is 0 Å². The van der Waals surface area contributed by atoms with E-state index in [1.807, 2.05) is 6.92 Å². The molecule has 2 rings (SSSR count). The van der Waals surface area contributed by atoms with Crippen molar-refractivity contribution in [3.63, 3.8) is 0 Å². The zero-order valence-electron chi connectivity index (χ0n) is 13.3. The molecule has 0 aliphatic carbocycles. The van der Waals surface area contributed by atoms with Crippen molar-refractivity contribution in [2.24, 2.45) is 0 Å². The van der Waals surface area contributed by atoms with Gasteiger partial charge in [0.25, 0.3) is 0 Å². The number of ether oxygens (including phenoxy) is 2. The van der Waals surface area contributed by atoms with Crippen LogP contribution in [0, 0.1) is 0 Å². The predicted octanol–water partition coefficient (Wildman–Crippen LogP) is 2.03. The first-order chi connectivity index (χ1) is 11.5. The van der Waals surface area contributed by atoms with Crippen molar-refractivity contribution in [1.29, 1.82) is 0 Å². The van der Waals surface area contributed by atoms with E-state index in [0.717, 1.165) is 11.8 Å². The molecule has 2 aromatic rings. The van der Waals surface area contributed by atoms with Gasteiger partial charge in [0.2, 0.25) is 5.16 Å². The normalized spacial score (nSPS) is 11.4. The summed E-state index contributed by atoms with van der Waals surface area (Å²) in [6.45, 7) is 1.92. The van der Waals surface area contributed by atoms with Gasteiger partial charge in [0, 0.05) is 23.0 Å². The molecule has 0 radical (unpaired) electrons. The number of aromatic amines is 1. The van der Waals surface area contributed by atoms with Crippen LogP contribution < -0.4 is 14.6 Å². The van der Waals surface area contributed by atoms with Crippen LogP contribution in [0.5, 0.6) is 11.5 Å². The Balaban J connectivity index is 2.40. The number of hydrogen-bond acceptors (Lipinski definition) is 7. The van der Waals surface area contributed by atoms with E-state index in [9.17, 15) is 9.90 Å². The molecular formula is C15H15BrN3O4S-. The molecule has 1 aromatic heterocycles. The van der Waals surface area contributed by atoms with Crippen molar-refractivity contribution in [3.05, 3.63) is 32.9 Å². The van der Waals surface area contributed by atoms with Crippen LogP contribution in [0.15, 0.2) is 26.7 Å². The Labute approximate surface area is 151 Å². The molecular weight excluding hydrogens is 398 g/mol. The topological polar surface area (TPSA) is 100 Å². The van der Waals surface area contributed by atoms with Crippen LogP contribution in [-0.2, 0) is 11.2 Å². The monoisotopic (exact) mass is 412 g/mol. The summed E-state index contributed by atoms with van der Waals surface area (Å²) in [5, 5.41) is 18.5. The minimum absolute atomic E-state index is 0.0352. The number of H-pyrrole nitrogens is 1. The lowest BCUT2D eigenvalue weighted by Crippen LogP contribution is -2.23. The number of halogens is 1. The number of aryl methyl sites for hydroxylation is 1. The number of benzene rings is 1. The molecule has 0 atom stereocenters. The molecule has 0 saturated carbocycles. The molecule has 0 fully saturated rings. The van der Waals surface area contributed by atoms with Crippen molar-refractivity contribution in [1.82, 2.24) is 15.2 Å². The van der Waals surface area contributed by atoms with Crippen LogP contribution in [0.1, 0.15) is 18.3 Å². The Morgan fingerprint density at radius 1 is 1.38 bits per heavy atom. The fraction of sp³-hybridized carbons (Fsp3) is 0.267. The van der Waals surface area contributed by atoms with E-state index in [2.05, 4.69) is 31.1 Å². The van der Waals surface area contributed by atoms with Gasteiger partial charge in [-0.1, -0.05) is 6.92 Å². The maximum atomic E-state index is 11.4. The maximum absolute atomic E-state index is 11.4. The number of aromatic nitrogens is 3. The highest BCUT2D eigenvalue weighted by molar-refractivity contribution is 9.10. The summed E-state index contributed by atoms with van der Waals surface area (Å²) in [6, 6.07) is 3.37.